The third kappa shape index (κ3) is 3.72. The van der Waals surface area contributed by atoms with Crippen LogP contribution in [0.2, 0.25) is 0 Å². The first-order valence-corrected chi connectivity index (χ1v) is 4.87. The summed E-state index contributed by atoms with van der Waals surface area (Å²) in [6.07, 6.45) is 1.88. The minimum atomic E-state index is -0.169. The molecule has 1 rings (SSSR count). The summed E-state index contributed by atoms with van der Waals surface area (Å²) >= 11 is 0. The van der Waals surface area contributed by atoms with E-state index in [-0.39, 0.29) is 18.5 Å². The van der Waals surface area contributed by atoms with Gasteiger partial charge in [0.1, 0.15) is 0 Å². The lowest BCUT2D eigenvalue weighted by Crippen LogP contribution is -2.44. The van der Waals surface area contributed by atoms with Gasteiger partial charge in [0.25, 0.3) is 0 Å². The molecule has 0 spiro atoms. The number of likely N-dealkylation sites (tertiary alicyclic amines) is 1. The zero-order chi connectivity index (χ0) is 9.68. The van der Waals surface area contributed by atoms with Gasteiger partial charge < -0.3 is 15.0 Å². The van der Waals surface area contributed by atoms with Gasteiger partial charge in [-0.25, -0.2) is 4.79 Å². The Morgan fingerprint density at radius 2 is 2.07 bits per heavy atom. The molecular weight excluding hydrogens is 204 g/mol. The summed E-state index contributed by atoms with van der Waals surface area (Å²) in [5.74, 6) is 0. The Morgan fingerprint density at radius 3 is 2.50 bits per heavy atom. The van der Waals surface area contributed by atoms with E-state index in [2.05, 4.69) is 5.32 Å². The van der Waals surface area contributed by atoms with Crippen LogP contribution in [0.25, 0.3) is 0 Å². The van der Waals surface area contributed by atoms with Crippen LogP contribution >= 0.6 is 12.4 Å². The molecule has 0 radical (unpaired) electrons. The van der Waals surface area contributed by atoms with Gasteiger partial charge in [0, 0.05) is 19.1 Å². The molecule has 0 aromatic heterocycles. The highest BCUT2D eigenvalue weighted by molar-refractivity contribution is 5.85. The predicted molar refractivity (Wildman–Crippen MR) is 57.9 cm³/mol. The fourth-order valence-corrected chi connectivity index (χ4v) is 1.57. The molecule has 1 saturated heterocycles. The van der Waals surface area contributed by atoms with Crippen LogP contribution in [0.15, 0.2) is 0 Å². The van der Waals surface area contributed by atoms with Crippen molar-refractivity contribution in [1.29, 1.82) is 0 Å². The highest BCUT2D eigenvalue weighted by Crippen LogP contribution is 2.10. The second kappa shape index (κ2) is 6.90. The minimum absolute atomic E-state index is 0. The first-order valence-electron chi connectivity index (χ1n) is 4.87. The first kappa shape index (κ1) is 13.5. The molecule has 84 valence electrons. The Bertz CT molecular complexity index is 170. The summed E-state index contributed by atoms with van der Waals surface area (Å²) in [6, 6.07) is 0.561. The maximum atomic E-state index is 11.3. The van der Waals surface area contributed by atoms with E-state index in [1.807, 2.05) is 14.0 Å². The van der Waals surface area contributed by atoms with Gasteiger partial charge in [-0.2, -0.15) is 0 Å². The number of carbonyl (C=O) groups is 1. The number of nitrogens with zero attached hydrogens (tertiary/aromatic N) is 1. The Morgan fingerprint density at radius 1 is 1.50 bits per heavy atom. The number of ether oxygens (including phenoxy) is 1. The fraction of sp³-hybridized carbons (Fsp3) is 0.889. The Balaban J connectivity index is 0.00000169. The molecule has 0 bridgehead atoms. The van der Waals surface area contributed by atoms with Crippen LogP contribution in [0, 0.1) is 0 Å². The molecule has 1 aliphatic rings. The van der Waals surface area contributed by atoms with E-state index in [1.165, 1.54) is 0 Å². The summed E-state index contributed by atoms with van der Waals surface area (Å²) in [4.78, 5) is 13.1. The van der Waals surface area contributed by atoms with Crippen molar-refractivity contribution in [3.05, 3.63) is 0 Å². The van der Waals surface area contributed by atoms with Crippen molar-refractivity contribution in [2.75, 3.05) is 26.7 Å². The zero-order valence-electron chi connectivity index (χ0n) is 8.78. The molecule has 0 unspecified atom stereocenters. The molecule has 1 amide bonds. The van der Waals surface area contributed by atoms with Gasteiger partial charge >= 0.3 is 6.09 Å². The molecule has 14 heavy (non-hydrogen) atoms. The van der Waals surface area contributed by atoms with Crippen LogP contribution in [-0.2, 0) is 4.74 Å². The van der Waals surface area contributed by atoms with Crippen LogP contribution < -0.4 is 5.32 Å². The third-order valence-corrected chi connectivity index (χ3v) is 2.43. The van der Waals surface area contributed by atoms with Gasteiger partial charge in [0.05, 0.1) is 6.61 Å². The average Bonchev–Trinajstić information content (AvgIpc) is 2.18. The second-order valence-electron chi connectivity index (χ2n) is 3.25. The van der Waals surface area contributed by atoms with E-state index < -0.39 is 0 Å². The molecule has 0 saturated carbocycles. The van der Waals surface area contributed by atoms with Gasteiger partial charge in [-0.05, 0) is 26.8 Å². The quantitative estimate of drug-likeness (QED) is 0.765. The summed E-state index contributed by atoms with van der Waals surface area (Å²) in [5.41, 5.74) is 0. The largest absolute Gasteiger partial charge is 0.450 e. The van der Waals surface area contributed by atoms with Gasteiger partial charge in [0.2, 0.25) is 0 Å². The van der Waals surface area contributed by atoms with E-state index in [0.29, 0.717) is 12.6 Å². The van der Waals surface area contributed by atoms with Crippen molar-refractivity contribution in [2.24, 2.45) is 0 Å². The summed E-state index contributed by atoms with van der Waals surface area (Å²) in [7, 11) is 1.96. The zero-order valence-corrected chi connectivity index (χ0v) is 9.60. The topological polar surface area (TPSA) is 41.6 Å². The van der Waals surface area contributed by atoms with Crippen molar-refractivity contribution in [1.82, 2.24) is 10.2 Å². The number of piperidine rings is 1. The van der Waals surface area contributed by atoms with Crippen molar-refractivity contribution in [3.8, 4) is 0 Å². The van der Waals surface area contributed by atoms with Crippen molar-refractivity contribution >= 4 is 18.5 Å². The number of hydrogen-bond donors (Lipinski definition) is 1. The Labute approximate surface area is 91.4 Å². The molecule has 1 heterocycles. The normalized spacial score (nSPS) is 17.4. The smallest absolute Gasteiger partial charge is 0.409 e. The van der Waals surface area contributed by atoms with Crippen LogP contribution in [0.5, 0.6) is 0 Å². The monoisotopic (exact) mass is 222 g/mol. The van der Waals surface area contributed by atoms with Crippen molar-refractivity contribution in [2.45, 2.75) is 25.8 Å². The third-order valence-electron chi connectivity index (χ3n) is 2.43. The van der Waals surface area contributed by atoms with Crippen LogP contribution in [0.3, 0.4) is 0 Å². The van der Waals surface area contributed by atoms with Crippen LogP contribution in [-0.4, -0.2) is 43.8 Å². The molecule has 0 aromatic rings. The molecule has 4 nitrogen and oxygen atoms in total. The lowest BCUT2D eigenvalue weighted by molar-refractivity contribution is 0.0956. The predicted octanol–water partition coefficient (Wildman–Crippen LogP) is 1.25. The molecule has 0 atom stereocenters. The van der Waals surface area contributed by atoms with E-state index in [0.717, 1.165) is 25.9 Å². The molecule has 0 aliphatic carbocycles. The first-order chi connectivity index (χ1) is 6.27. The van der Waals surface area contributed by atoms with Crippen LogP contribution in [0.4, 0.5) is 4.79 Å². The number of carbonyl (C=O) groups excluding carboxylic acids is 1. The summed E-state index contributed by atoms with van der Waals surface area (Å²) < 4.78 is 4.92. The molecule has 1 aliphatic heterocycles. The SMILES string of the molecule is CCOC(=O)N1CCC(NC)CC1.Cl. The number of hydrogen-bond acceptors (Lipinski definition) is 3. The lowest BCUT2D eigenvalue weighted by Gasteiger charge is -2.30. The highest BCUT2D eigenvalue weighted by Gasteiger charge is 2.21. The second-order valence-corrected chi connectivity index (χ2v) is 3.25. The van der Waals surface area contributed by atoms with Gasteiger partial charge in [-0.3, -0.25) is 0 Å². The molecular formula is C9H19ClN2O2. The summed E-state index contributed by atoms with van der Waals surface area (Å²) in [5, 5.41) is 3.22. The molecule has 5 heteroatoms. The number of halogens is 1. The number of nitrogens with one attached hydrogen (secondary N) is 1. The van der Waals surface area contributed by atoms with Gasteiger partial charge in [-0.1, -0.05) is 0 Å². The molecule has 1 fully saturated rings. The standard InChI is InChI=1S/C9H18N2O2.ClH/c1-3-13-9(12)11-6-4-8(10-2)5-7-11;/h8,10H,3-7H2,1-2H3;1H. The number of amides is 1. The minimum Gasteiger partial charge on any atom is -0.450 e. The van der Waals surface area contributed by atoms with Gasteiger partial charge in [-0.15, -0.1) is 12.4 Å². The highest BCUT2D eigenvalue weighted by atomic mass is 35.5. The lowest BCUT2D eigenvalue weighted by atomic mass is 10.1. The number of rotatable bonds is 2. The summed E-state index contributed by atoms with van der Waals surface area (Å²) in [6.45, 7) is 3.91. The Hall–Kier alpha value is -0.480. The fourth-order valence-electron chi connectivity index (χ4n) is 1.57. The maximum Gasteiger partial charge on any atom is 0.409 e. The Kier molecular flexibility index (Phi) is 6.66. The molecule has 1 N–H and O–H groups in total. The molecule has 0 aromatic carbocycles. The van der Waals surface area contributed by atoms with Crippen molar-refractivity contribution < 1.29 is 9.53 Å². The van der Waals surface area contributed by atoms with Crippen LogP contribution in [0.1, 0.15) is 19.8 Å². The van der Waals surface area contributed by atoms with E-state index >= 15 is 0 Å². The van der Waals surface area contributed by atoms with E-state index in [9.17, 15) is 4.79 Å². The average molecular weight is 223 g/mol. The van der Waals surface area contributed by atoms with Gasteiger partial charge in [0.15, 0.2) is 0 Å². The van der Waals surface area contributed by atoms with E-state index in [4.69, 9.17) is 4.74 Å². The maximum absolute atomic E-state index is 11.3. The van der Waals surface area contributed by atoms with Crippen molar-refractivity contribution in [3.63, 3.8) is 0 Å². The van der Waals surface area contributed by atoms with E-state index in [1.54, 1.807) is 4.90 Å².